The van der Waals surface area contributed by atoms with Gasteiger partial charge in [0.15, 0.2) is 5.65 Å². The number of halogens is 2. The van der Waals surface area contributed by atoms with Gasteiger partial charge in [-0.05, 0) is 82.2 Å². The first kappa shape index (κ1) is 25.3. The fourth-order valence-corrected chi connectivity index (χ4v) is 5.79. The number of aromatic nitrogens is 3. The number of anilines is 2. The van der Waals surface area contributed by atoms with Crippen molar-refractivity contribution in [3.05, 3.63) is 65.9 Å². The molecule has 0 radical (unpaired) electrons. The minimum atomic E-state index is -0.641. The van der Waals surface area contributed by atoms with Crippen molar-refractivity contribution in [3.8, 4) is 23.1 Å². The number of nitrogens with zero attached hydrogens (tertiary/aromatic N) is 7. The number of nitriles is 1. The fourth-order valence-electron chi connectivity index (χ4n) is 5.79. The van der Waals surface area contributed by atoms with Gasteiger partial charge in [0.2, 0.25) is 0 Å². The molecule has 6 rings (SSSR count). The average Bonchev–Trinajstić information content (AvgIpc) is 3.59. The third kappa shape index (κ3) is 4.59. The molecular formula is C30H31F2N7. The molecule has 2 aliphatic rings. The van der Waals surface area contributed by atoms with Gasteiger partial charge in [0.25, 0.3) is 0 Å². The lowest BCUT2D eigenvalue weighted by Crippen LogP contribution is -2.31. The van der Waals surface area contributed by atoms with E-state index in [1.165, 1.54) is 18.6 Å². The molecule has 2 aromatic heterocycles. The minimum Gasteiger partial charge on any atom is -0.370 e. The van der Waals surface area contributed by atoms with Crippen molar-refractivity contribution < 1.29 is 8.78 Å². The van der Waals surface area contributed by atoms with Crippen LogP contribution in [0.1, 0.15) is 31.2 Å². The Morgan fingerprint density at radius 1 is 0.923 bits per heavy atom. The van der Waals surface area contributed by atoms with Crippen molar-refractivity contribution in [2.45, 2.75) is 31.7 Å². The molecule has 1 unspecified atom stereocenters. The monoisotopic (exact) mass is 527 g/mol. The number of imidazole rings is 1. The van der Waals surface area contributed by atoms with Gasteiger partial charge in [-0.15, -0.1) is 0 Å². The van der Waals surface area contributed by atoms with Gasteiger partial charge in [-0.25, -0.2) is 18.7 Å². The third-order valence-corrected chi connectivity index (χ3v) is 8.00. The summed E-state index contributed by atoms with van der Waals surface area (Å²) in [6.45, 7) is 3.54. The zero-order chi connectivity index (χ0) is 27.1. The highest BCUT2D eigenvalue weighted by Gasteiger charge is 2.27. The molecule has 0 amide bonds. The Labute approximate surface area is 226 Å². The number of hydrogen-bond acceptors (Lipinski definition) is 6. The lowest BCUT2D eigenvalue weighted by Gasteiger charge is -2.28. The Kier molecular flexibility index (Phi) is 6.65. The summed E-state index contributed by atoms with van der Waals surface area (Å²) in [4.78, 5) is 16.3. The summed E-state index contributed by atoms with van der Waals surface area (Å²) < 4.78 is 32.4. The first-order valence-electron chi connectivity index (χ1n) is 13.5. The number of rotatable bonds is 5. The van der Waals surface area contributed by atoms with E-state index < -0.39 is 11.6 Å². The van der Waals surface area contributed by atoms with Crippen LogP contribution in [-0.4, -0.2) is 65.8 Å². The fraction of sp³-hybridized carbons (Fsp3) is 0.367. The van der Waals surface area contributed by atoms with Crippen molar-refractivity contribution >= 4 is 22.5 Å². The summed E-state index contributed by atoms with van der Waals surface area (Å²) in [7, 11) is 4.14. The third-order valence-electron chi connectivity index (χ3n) is 8.00. The molecule has 2 fully saturated rings. The summed E-state index contributed by atoms with van der Waals surface area (Å²) >= 11 is 0. The van der Waals surface area contributed by atoms with Crippen molar-refractivity contribution in [1.29, 1.82) is 5.26 Å². The predicted octanol–water partition coefficient (Wildman–Crippen LogP) is 5.37. The second kappa shape index (κ2) is 10.3. The molecule has 4 heterocycles. The van der Waals surface area contributed by atoms with Gasteiger partial charge in [0.1, 0.15) is 29.0 Å². The molecule has 200 valence electrons. The standard InChI is InChI=1S/C30H31F2N7/c1-36(2)23-11-15-38(19-23)22-8-9-26(25(32)17-22)39-29(20-6-7-21(18-33)24(31)16-20)35-28-27(10-12-34-30(28)39)37-13-4-3-5-14-37/h6-10,12,16-17,23H,3-5,11,13-15,19H2,1-2H3. The molecule has 2 saturated heterocycles. The molecule has 0 bridgehead atoms. The number of pyridine rings is 1. The van der Waals surface area contributed by atoms with E-state index in [1.807, 2.05) is 18.2 Å². The molecule has 0 aliphatic carbocycles. The highest BCUT2D eigenvalue weighted by Crippen LogP contribution is 2.36. The molecule has 1 atom stereocenters. The summed E-state index contributed by atoms with van der Waals surface area (Å²) in [5.74, 6) is -0.662. The highest BCUT2D eigenvalue weighted by atomic mass is 19.1. The Hall–Kier alpha value is -4.03. The maximum atomic E-state index is 16.0. The Balaban J connectivity index is 1.50. The van der Waals surface area contributed by atoms with Crippen LogP contribution in [0.4, 0.5) is 20.2 Å². The molecule has 7 nitrogen and oxygen atoms in total. The van der Waals surface area contributed by atoms with Gasteiger partial charge in [-0.3, -0.25) is 4.57 Å². The smallest absolute Gasteiger partial charge is 0.167 e. The number of likely N-dealkylation sites (N-methyl/N-ethyl adjacent to an activating group) is 1. The van der Waals surface area contributed by atoms with Gasteiger partial charge in [-0.2, -0.15) is 5.26 Å². The van der Waals surface area contributed by atoms with Gasteiger partial charge in [0.05, 0.1) is 16.9 Å². The van der Waals surface area contributed by atoms with Crippen molar-refractivity contribution in [1.82, 2.24) is 19.4 Å². The van der Waals surface area contributed by atoms with E-state index >= 15 is 4.39 Å². The maximum Gasteiger partial charge on any atom is 0.167 e. The van der Waals surface area contributed by atoms with Gasteiger partial charge in [0, 0.05) is 49.7 Å². The van der Waals surface area contributed by atoms with E-state index in [1.54, 1.807) is 29.0 Å². The Morgan fingerprint density at radius 3 is 2.44 bits per heavy atom. The van der Waals surface area contributed by atoms with Crippen molar-refractivity contribution in [2.75, 3.05) is 50.1 Å². The number of fused-ring (bicyclic) bond motifs is 1. The Bertz CT molecular complexity index is 1570. The van der Waals surface area contributed by atoms with Crippen molar-refractivity contribution in [2.24, 2.45) is 0 Å². The van der Waals surface area contributed by atoms with Crippen LogP contribution in [0.2, 0.25) is 0 Å². The second-order valence-corrected chi connectivity index (χ2v) is 10.6. The van der Waals surface area contributed by atoms with Crippen LogP contribution in [0.3, 0.4) is 0 Å². The van der Waals surface area contributed by atoms with Crippen molar-refractivity contribution in [3.63, 3.8) is 0 Å². The summed E-state index contributed by atoms with van der Waals surface area (Å²) in [5, 5.41) is 9.22. The maximum absolute atomic E-state index is 16.0. The van der Waals surface area contributed by atoms with E-state index in [-0.39, 0.29) is 5.56 Å². The van der Waals surface area contributed by atoms with Crippen LogP contribution in [-0.2, 0) is 0 Å². The highest BCUT2D eigenvalue weighted by molar-refractivity contribution is 5.90. The van der Waals surface area contributed by atoms with Gasteiger partial charge < -0.3 is 14.7 Å². The van der Waals surface area contributed by atoms with Gasteiger partial charge in [-0.1, -0.05) is 0 Å². The second-order valence-electron chi connectivity index (χ2n) is 10.6. The van der Waals surface area contributed by atoms with E-state index in [4.69, 9.17) is 4.98 Å². The first-order chi connectivity index (χ1) is 18.9. The number of benzene rings is 2. The van der Waals surface area contributed by atoms with Crippen LogP contribution in [0.5, 0.6) is 0 Å². The number of piperidine rings is 1. The lowest BCUT2D eigenvalue weighted by atomic mass is 10.1. The van der Waals surface area contributed by atoms with Crippen LogP contribution >= 0.6 is 0 Å². The van der Waals surface area contributed by atoms with Crippen LogP contribution in [0.15, 0.2) is 48.7 Å². The topological polar surface area (TPSA) is 64.2 Å². The predicted molar refractivity (Wildman–Crippen MR) is 149 cm³/mol. The van der Waals surface area contributed by atoms with E-state index in [0.717, 1.165) is 56.8 Å². The Morgan fingerprint density at radius 2 is 1.74 bits per heavy atom. The van der Waals surface area contributed by atoms with E-state index in [9.17, 15) is 9.65 Å². The summed E-state index contributed by atoms with van der Waals surface area (Å²) in [6, 6.07) is 13.9. The molecule has 2 aliphatic heterocycles. The SMILES string of the molecule is CN(C)C1CCN(c2ccc(-n3c(-c4ccc(C#N)c(F)c4)nc4c(N5CCCCC5)ccnc43)c(F)c2)C1. The zero-order valence-corrected chi connectivity index (χ0v) is 22.2. The number of hydrogen-bond donors (Lipinski definition) is 0. The molecule has 2 aromatic carbocycles. The molecular weight excluding hydrogens is 496 g/mol. The average molecular weight is 528 g/mol. The lowest BCUT2D eigenvalue weighted by molar-refractivity contribution is 0.315. The molecule has 0 N–H and O–H groups in total. The van der Waals surface area contributed by atoms with Gasteiger partial charge >= 0.3 is 0 Å². The van der Waals surface area contributed by atoms with E-state index in [2.05, 4.69) is 33.8 Å². The molecule has 4 aromatic rings. The van der Waals surface area contributed by atoms with Crippen LogP contribution in [0.25, 0.3) is 28.2 Å². The van der Waals surface area contributed by atoms with E-state index in [0.29, 0.717) is 34.3 Å². The summed E-state index contributed by atoms with van der Waals surface area (Å²) in [5.41, 5.74) is 3.63. The molecule has 0 saturated carbocycles. The normalized spacial score (nSPS) is 17.8. The molecule has 39 heavy (non-hydrogen) atoms. The van der Waals surface area contributed by atoms with Crippen LogP contribution in [0, 0.1) is 23.0 Å². The molecule has 9 heteroatoms. The summed E-state index contributed by atoms with van der Waals surface area (Å²) in [6.07, 6.45) is 6.14. The minimum absolute atomic E-state index is 0.0503. The zero-order valence-electron chi connectivity index (χ0n) is 22.2. The largest absolute Gasteiger partial charge is 0.370 e. The first-order valence-corrected chi connectivity index (χ1v) is 13.5. The quantitative estimate of drug-likeness (QED) is 0.348. The molecule has 0 spiro atoms. The van der Waals surface area contributed by atoms with Crippen LogP contribution < -0.4 is 9.80 Å².